The lowest BCUT2D eigenvalue weighted by Crippen LogP contribution is -2.33. The van der Waals surface area contributed by atoms with Crippen LogP contribution in [0.25, 0.3) is 0 Å². The summed E-state index contributed by atoms with van der Waals surface area (Å²) in [5.41, 5.74) is 8.54. The molecule has 134 valence electrons. The Balaban J connectivity index is 1.61. The van der Waals surface area contributed by atoms with Crippen molar-refractivity contribution in [3.05, 3.63) is 65.2 Å². The Morgan fingerprint density at radius 3 is 2.35 bits per heavy atom. The summed E-state index contributed by atoms with van der Waals surface area (Å²) < 4.78 is 5.15. The van der Waals surface area contributed by atoms with E-state index in [0.717, 1.165) is 11.3 Å². The van der Waals surface area contributed by atoms with E-state index in [1.165, 1.54) is 4.90 Å². The first-order valence-corrected chi connectivity index (χ1v) is 8.21. The van der Waals surface area contributed by atoms with Gasteiger partial charge in [-0.05, 0) is 18.2 Å². The fourth-order valence-corrected chi connectivity index (χ4v) is 2.81. The van der Waals surface area contributed by atoms with Gasteiger partial charge >= 0.3 is 0 Å². The zero-order chi connectivity index (χ0) is 18.5. The number of hydrogen-bond donors (Lipinski definition) is 2. The van der Waals surface area contributed by atoms with Gasteiger partial charge in [0, 0.05) is 24.9 Å². The van der Waals surface area contributed by atoms with Gasteiger partial charge in [0.2, 0.25) is 0 Å². The first-order chi connectivity index (χ1) is 12.6. The highest BCUT2D eigenvalue weighted by Gasteiger charge is 2.34. The van der Waals surface area contributed by atoms with Crippen LogP contribution in [0.5, 0.6) is 0 Å². The van der Waals surface area contributed by atoms with Crippen LogP contribution < -0.4 is 11.1 Å². The van der Waals surface area contributed by atoms with Crippen molar-refractivity contribution in [2.75, 3.05) is 25.5 Å². The van der Waals surface area contributed by atoms with E-state index in [4.69, 9.17) is 10.5 Å². The van der Waals surface area contributed by atoms with Gasteiger partial charge in [-0.25, -0.2) is 0 Å². The number of nitrogens with zero attached hydrogens (tertiary/aromatic N) is 2. The molecule has 0 radical (unpaired) electrons. The smallest absolute Gasteiger partial charge is 0.261 e. The predicted molar refractivity (Wildman–Crippen MR) is 99.1 cm³/mol. The number of para-hydroxylation sites is 1. The van der Waals surface area contributed by atoms with Crippen LogP contribution in [0.2, 0.25) is 0 Å². The molecule has 3 N–H and O–H groups in total. The summed E-state index contributed by atoms with van der Waals surface area (Å²) in [5.74, 6) is -0.374. The molecule has 0 atom stereocenters. The second-order valence-corrected chi connectivity index (χ2v) is 5.79. The van der Waals surface area contributed by atoms with Crippen molar-refractivity contribution in [1.29, 1.82) is 0 Å². The van der Waals surface area contributed by atoms with Crippen LogP contribution in [0.4, 0.5) is 5.69 Å². The van der Waals surface area contributed by atoms with Crippen molar-refractivity contribution in [2.24, 2.45) is 10.7 Å². The Bertz CT molecular complexity index is 828. The molecule has 7 nitrogen and oxygen atoms in total. The Hall–Kier alpha value is -3.19. The summed E-state index contributed by atoms with van der Waals surface area (Å²) >= 11 is 0. The molecule has 0 saturated carbocycles. The quantitative estimate of drug-likeness (QED) is 0.470. The van der Waals surface area contributed by atoms with Gasteiger partial charge in [0.1, 0.15) is 0 Å². The molecule has 0 unspecified atom stereocenters. The predicted octanol–water partition coefficient (Wildman–Crippen LogP) is 1.86. The van der Waals surface area contributed by atoms with Crippen LogP contribution in [-0.2, 0) is 11.3 Å². The number of carbonyl (C=O) groups excluding carboxylic acids is 2. The number of amides is 2. The van der Waals surface area contributed by atoms with E-state index < -0.39 is 0 Å². The number of nitrogens with one attached hydrogen (secondary N) is 1. The molecule has 3 rings (SSSR count). The summed E-state index contributed by atoms with van der Waals surface area (Å²) in [6, 6.07) is 14.4. The number of rotatable bonds is 6. The van der Waals surface area contributed by atoms with Gasteiger partial charge in [0.15, 0.2) is 5.96 Å². The van der Waals surface area contributed by atoms with Gasteiger partial charge in [-0.15, -0.1) is 0 Å². The largest absolute Gasteiger partial charge is 0.380 e. The lowest BCUT2D eigenvalue weighted by Gasteiger charge is -2.13. The number of hydrogen-bond acceptors (Lipinski definition) is 4. The minimum absolute atomic E-state index is 0.175. The molecule has 0 bridgehead atoms. The molecule has 0 aromatic heterocycles. The minimum Gasteiger partial charge on any atom is -0.380 e. The molecule has 26 heavy (non-hydrogen) atoms. The third-order valence-electron chi connectivity index (χ3n) is 4.06. The SMILES string of the molecule is COCc1ccccc1NC(N)=NCCN1C(=O)c2ccccc2C1=O. The van der Waals surface area contributed by atoms with E-state index in [2.05, 4.69) is 10.3 Å². The zero-order valence-electron chi connectivity index (χ0n) is 14.4. The normalized spacial score (nSPS) is 13.9. The highest BCUT2D eigenvalue weighted by atomic mass is 16.5. The first-order valence-electron chi connectivity index (χ1n) is 8.21. The second-order valence-electron chi connectivity index (χ2n) is 5.79. The lowest BCUT2D eigenvalue weighted by atomic mass is 10.1. The molecule has 0 aliphatic carbocycles. The number of carbonyl (C=O) groups is 2. The highest BCUT2D eigenvalue weighted by Crippen LogP contribution is 2.22. The van der Waals surface area contributed by atoms with Crippen molar-refractivity contribution >= 4 is 23.5 Å². The van der Waals surface area contributed by atoms with Crippen molar-refractivity contribution in [3.8, 4) is 0 Å². The summed E-state index contributed by atoms with van der Waals surface area (Å²) in [6.45, 7) is 0.844. The fraction of sp³-hybridized carbons (Fsp3) is 0.211. The first kappa shape index (κ1) is 17.6. The van der Waals surface area contributed by atoms with Crippen LogP contribution in [0, 0.1) is 0 Å². The maximum atomic E-state index is 12.3. The number of benzene rings is 2. The molecule has 0 fully saturated rings. The van der Waals surface area contributed by atoms with E-state index >= 15 is 0 Å². The number of guanidine groups is 1. The molecule has 2 aromatic rings. The number of anilines is 1. The van der Waals surface area contributed by atoms with Crippen molar-refractivity contribution in [1.82, 2.24) is 4.90 Å². The van der Waals surface area contributed by atoms with E-state index in [0.29, 0.717) is 17.7 Å². The van der Waals surface area contributed by atoms with Crippen molar-refractivity contribution < 1.29 is 14.3 Å². The van der Waals surface area contributed by atoms with Crippen LogP contribution in [0.1, 0.15) is 26.3 Å². The van der Waals surface area contributed by atoms with E-state index in [9.17, 15) is 9.59 Å². The third-order valence-corrected chi connectivity index (χ3v) is 4.06. The summed E-state index contributed by atoms with van der Waals surface area (Å²) in [7, 11) is 1.62. The molecule has 1 heterocycles. The van der Waals surface area contributed by atoms with Crippen molar-refractivity contribution in [3.63, 3.8) is 0 Å². The van der Waals surface area contributed by atoms with E-state index in [1.807, 2.05) is 24.3 Å². The Labute approximate surface area is 151 Å². The highest BCUT2D eigenvalue weighted by molar-refractivity contribution is 6.21. The Kier molecular flexibility index (Phi) is 5.28. The molecule has 2 aromatic carbocycles. The van der Waals surface area contributed by atoms with Crippen LogP contribution >= 0.6 is 0 Å². The van der Waals surface area contributed by atoms with E-state index in [1.54, 1.807) is 31.4 Å². The number of ether oxygens (including phenoxy) is 1. The zero-order valence-corrected chi connectivity index (χ0v) is 14.4. The molecule has 7 heteroatoms. The van der Waals surface area contributed by atoms with Gasteiger partial charge in [0.25, 0.3) is 11.8 Å². The lowest BCUT2D eigenvalue weighted by molar-refractivity contribution is 0.0659. The molecule has 0 saturated heterocycles. The molecule has 1 aliphatic rings. The van der Waals surface area contributed by atoms with Crippen molar-refractivity contribution in [2.45, 2.75) is 6.61 Å². The minimum atomic E-state index is -0.294. The maximum Gasteiger partial charge on any atom is 0.261 e. The van der Waals surface area contributed by atoms with Crippen LogP contribution in [0.15, 0.2) is 53.5 Å². The van der Waals surface area contributed by atoms with E-state index in [-0.39, 0.29) is 30.9 Å². The summed E-state index contributed by atoms with van der Waals surface area (Å²) in [4.78, 5) is 30.0. The molecular formula is C19H20N4O3. The average Bonchev–Trinajstić information content (AvgIpc) is 2.89. The molecule has 1 aliphatic heterocycles. The van der Waals surface area contributed by atoms with Gasteiger partial charge < -0.3 is 15.8 Å². The Morgan fingerprint density at radius 1 is 1.08 bits per heavy atom. The molecule has 2 amide bonds. The van der Waals surface area contributed by atoms with Gasteiger partial charge in [-0.3, -0.25) is 19.5 Å². The molecular weight excluding hydrogens is 332 g/mol. The second kappa shape index (κ2) is 7.79. The number of nitrogens with two attached hydrogens (primary N) is 1. The van der Waals surface area contributed by atoms with Gasteiger partial charge in [-0.2, -0.15) is 0 Å². The maximum absolute atomic E-state index is 12.3. The average molecular weight is 352 g/mol. The Morgan fingerprint density at radius 2 is 1.69 bits per heavy atom. The number of methoxy groups -OCH3 is 1. The topological polar surface area (TPSA) is 97.0 Å². The van der Waals surface area contributed by atoms with Crippen LogP contribution in [-0.4, -0.2) is 42.9 Å². The fourth-order valence-electron chi connectivity index (χ4n) is 2.81. The number of imide groups is 1. The number of aliphatic imine (C=N–C) groups is 1. The monoisotopic (exact) mass is 352 g/mol. The van der Waals surface area contributed by atoms with Crippen LogP contribution in [0.3, 0.4) is 0 Å². The van der Waals surface area contributed by atoms with Gasteiger partial charge in [0.05, 0.1) is 24.3 Å². The third kappa shape index (κ3) is 3.57. The van der Waals surface area contributed by atoms with Gasteiger partial charge in [-0.1, -0.05) is 30.3 Å². The standard InChI is InChI=1S/C19H20N4O3/c1-26-12-13-6-2-5-9-16(13)22-19(20)21-10-11-23-17(24)14-7-3-4-8-15(14)18(23)25/h2-9H,10-12H2,1H3,(H3,20,21,22). The number of fused-ring (bicyclic) bond motifs is 1. The summed E-state index contributed by atoms with van der Waals surface area (Å²) in [6.07, 6.45) is 0. The summed E-state index contributed by atoms with van der Waals surface area (Å²) in [5, 5.41) is 3.02. The molecule has 0 spiro atoms.